The molecule has 0 saturated carbocycles. The number of hydrogen-bond acceptors (Lipinski definition) is 2. The third kappa shape index (κ3) is 3.19. The van der Waals surface area contributed by atoms with Gasteiger partial charge in [0.15, 0.2) is 0 Å². The summed E-state index contributed by atoms with van der Waals surface area (Å²) in [5, 5.41) is 12.2. The second kappa shape index (κ2) is 6.25. The fourth-order valence-corrected chi connectivity index (χ4v) is 1.79. The number of carbonyl (C=O) groups excluding carboxylic acids is 1. The number of carbonyl (C=O) groups is 1. The highest BCUT2D eigenvalue weighted by Gasteiger charge is 2.17. The summed E-state index contributed by atoms with van der Waals surface area (Å²) >= 11 is 0. The average molecular weight is 277 g/mol. The molecule has 1 amide bonds. The SMILES string of the molecule is O=C(NCC(O)c1ccccc1)c1c(F)cccc1F. The molecule has 104 valence electrons. The first-order valence-corrected chi connectivity index (χ1v) is 6.05. The lowest BCUT2D eigenvalue weighted by Crippen LogP contribution is -2.29. The molecular formula is C15H13F2NO2. The highest BCUT2D eigenvalue weighted by molar-refractivity contribution is 5.94. The summed E-state index contributed by atoms with van der Waals surface area (Å²) in [7, 11) is 0. The minimum atomic E-state index is -0.935. The van der Waals surface area contributed by atoms with Crippen molar-refractivity contribution in [2.24, 2.45) is 0 Å². The molecule has 1 unspecified atom stereocenters. The minimum Gasteiger partial charge on any atom is -0.387 e. The van der Waals surface area contributed by atoms with Crippen LogP contribution in [0, 0.1) is 11.6 Å². The van der Waals surface area contributed by atoms with E-state index in [2.05, 4.69) is 5.32 Å². The molecule has 0 aromatic heterocycles. The van der Waals surface area contributed by atoms with Crippen molar-refractivity contribution < 1.29 is 18.7 Å². The highest BCUT2D eigenvalue weighted by Crippen LogP contribution is 2.13. The van der Waals surface area contributed by atoms with Gasteiger partial charge in [-0.2, -0.15) is 0 Å². The molecule has 1 atom stereocenters. The Balaban J connectivity index is 2.03. The Hall–Kier alpha value is -2.27. The van der Waals surface area contributed by atoms with Crippen LogP contribution in [0.25, 0.3) is 0 Å². The van der Waals surface area contributed by atoms with Gasteiger partial charge in [0.1, 0.15) is 17.2 Å². The van der Waals surface area contributed by atoms with E-state index in [9.17, 15) is 18.7 Å². The molecule has 2 aromatic rings. The van der Waals surface area contributed by atoms with Crippen LogP contribution >= 0.6 is 0 Å². The van der Waals surface area contributed by atoms with Crippen molar-refractivity contribution in [3.05, 3.63) is 71.3 Å². The molecule has 20 heavy (non-hydrogen) atoms. The summed E-state index contributed by atoms with van der Waals surface area (Å²) in [6.45, 7) is -0.128. The van der Waals surface area contributed by atoms with Crippen molar-refractivity contribution in [2.45, 2.75) is 6.10 Å². The van der Waals surface area contributed by atoms with Gasteiger partial charge in [0.2, 0.25) is 0 Å². The van der Waals surface area contributed by atoms with E-state index < -0.39 is 29.2 Å². The number of benzene rings is 2. The molecular weight excluding hydrogens is 264 g/mol. The number of nitrogens with one attached hydrogen (secondary N) is 1. The Morgan fingerprint density at radius 3 is 2.25 bits per heavy atom. The fraction of sp³-hybridized carbons (Fsp3) is 0.133. The van der Waals surface area contributed by atoms with Crippen molar-refractivity contribution >= 4 is 5.91 Å². The lowest BCUT2D eigenvalue weighted by atomic mass is 10.1. The number of aliphatic hydroxyl groups is 1. The number of rotatable bonds is 4. The summed E-state index contributed by atoms with van der Waals surface area (Å²) in [6, 6.07) is 11.9. The van der Waals surface area contributed by atoms with E-state index in [-0.39, 0.29) is 6.54 Å². The Morgan fingerprint density at radius 2 is 1.65 bits per heavy atom. The molecule has 0 radical (unpaired) electrons. The van der Waals surface area contributed by atoms with Crippen LogP contribution in [-0.2, 0) is 0 Å². The molecule has 0 aliphatic heterocycles. The molecule has 0 heterocycles. The molecule has 0 bridgehead atoms. The van der Waals surface area contributed by atoms with Crippen LogP contribution in [0.5, 0.6) is 0 Å². The van der Waals surface area contributed by atoms with Gasteiger partial charge in [-0.05, 0) is 17.7 Å². The van der Waals surface area contributed by atoms with Gasteiger partial charge in [-0.25, -0.2) is 8.78 Å². The van der Waals surface area contributed by atoms with Crippen molar-refractivity contribution in [3.8, 4) is 0 Å². The number of aliphatic hydroxyl groups excluding tert-OH is 1. The predicted molar refractivity (Wildman–Crippen MR) is 70.1 cm³/mol. The molecule has 2 rings (SSSR count). The number of amides is 1. The Morgan fingerprint density at radius 1 is 1.05 bits per heavy atom. The number of halogens is 2. The summed E-state index contributed by atoms with van der Waals surface area (Å²) in [5.41, 5.74) is -0.0328. The lowest BCUT2D eigenvalue weighted by molar-refractivity contribution is 0.0908. The summed E-state index contributed by atoms with van der Waals surface area (Å²) < 4.78 is 26.8. The average Bonchev–Trinajstić information content (AvgIpc) is 2.45. The van der Waals surface area contributed by atoms with Crippen LogP contribution in [-0.4, -0.2) is 17.6 Å². The molecule has 5 heteroatoms. The number of hydrogen-bond donors (Lipinski definition) is 2. The van der Waals surface area contributed by atoms with Gasteiger partial charge in [-0.1, -0.05) is 36.4 Å². The summed E-state index contributed by atoms with van der Waals surface area (Å²) in [4.78, 5) is 11.7. The zero-order chi connectivity index (χ0) is 14.5. The third-order valence-corrected chi connectivity index (χ3v) is 2.83. The summed E-state index contributed by atoms with van der Waals surface area (Å²) in [5.74, 6) is -2.76. The van der Waals surface area contributed by atoms with Crippen LogP contribution in [0.2, 0.25) is 0 Å². The Labute approximate surface area is 114 Å². The van der Waals surface area contributed by atoms with Crippen molar-refractivity contribution in [3.63, 3.8) is 0 Å². The van der Waals surface area contributed by atoms with Gasteiger partial charge in [-0.15, -0.1) is 0 Å². The molecule has 3 nitrogen and oxygen atoms in total. The molecule has 2 N–H and O–H groups in total. The van der Waals surface area contributed by atoms with E-state index in [0.29, 0.717) is 5.56 Å². The quantitative estimate of drug-likeness (QED) is 0.901. The maximum absolute atomic E-state index is 13.4. The minimum absolute atomic E-state index is 0.128. The predicted octanol–water partition coefficient (Wildman–Crippen LogP) is 2.43. The zero-order valence-electron chi connectivity index (χ0n) is 10.5. The first kappa shape index (κ1) is 14.1. The normalized spacial score (nSPS) is 11.9. The molecule has 0 spiro atoms. The Kier molecular flexibility index (Phi) is 4.42. The third-order valence-electron chi connectivity index (χ3n) is 2.83. The van der Waals surface area contributed by atoms with Crippen LogP contribution in [0.1, 0.15) is 22.0 Å². The maximum atomic E-state index is 13.4. The van der Waals surface area contributed by atoms with Gasteiger partial charge >= 0.3 is 0 Å². The lowest BCUT2D eigenvalue weighted by Gasteiger charge is -2.12. The fourth-order valence-electron chi connectivity index (χ4n) is 1.79. The van der Waals surface area contributed by atoms with Crippen molar-refractivity contribution in [1.82, 2.24) is 5.32 Å². The van der Waals surface area contributed by atoms with E-state index in [1.165, 1.54) is 6.07 Å². The van der Waals surface area contributed by atoms with Crippen molar-refractivity contribution in [1.29, 1.82) is 0 Å². The van der Waals surface area contributed by atoms with E-state index >= 15 is 0 Å². The summed E-state index contributed by atoms with van der Waals surface area (Å²) in [6.07, 6.45) is -0.935. The monoisotopic (exact) mass is 277 g/mol. The molecule has 0 aliphatic rings. The highest BCUT2D eigenvalue weighted by atomic mass is 19.1. The van der Waals surface area contributed by atoms with E-state index in [1.807, 2.05) is 0 Å². The van der Waals surface area contributed by atoms with Crippen LogP contribution in [0.4, 0.5) is 8.78 Å². The van der Waals surface area contributed by atoms with Gasteiger partial charge in [0.05, 0.1) is 6.10 Å². The second-order valence-electron chi connectivity index (χ2n) is 4.23. The van der Waals surface area contributed by atoms with E-state index in [4.69, 9.17) is 0 Å². The van der Waals surface area contributed by atoms with Crippen LogP contribution < -0.4 is 5.32 Å². The van der Waals surface area contributed by atoms with Gasteiger partial charge < -0.3 is 10.4 Å². The van der Waals surface area contributed by atoms with E-state index in [1.54, 1.807) is 30.3 Å². The first-order valence-electron chi connectivity index (χ1n) is 6.05. The van der Waals surface area contributed by atoms with Gasteiger partial charge in [0.25, 0.3) is 5.91 Å². The Bertz CT molecular complexity index is 582. The molecule has 0 saturated heterocycles. The van der Waals surface area contributed by atoms with Crippen molar-refractivity contribution in [2.75, 3.05) is 6.54 Å². The topological polar surface area (TPSA) is 49.3 Å². The van der Waals surface area contributed by atoms with Gasteiger partial charge in [0, 0.05) is 6.54 Å². The molecule has 2 aromatic carbocycles. The van der Waals surface area contributed by atoms with Crippen LogP contribution in [0.3, 0.4) is 0 Å². The smallest absolute Gasteiger partial charge is 0.257 e. The first-order chi connectivity index (χ1) is 9.59. The van der Waals surface area contributed by atoms with Crippen LogP contribution in [0.15, 0.2) is 48.5 Å². The molecule has 0 aliphatic carbocycles. The zero-order valence-corrected chi connectivity index (χ0v) is 10.5. The largest absolute Gasteiger partial charge is 0.387 e. The van der Waals surface area contributed by atoms with Gasteiger partial charge in [-0.3, -0.25) is 4.79 Å². The second-order valence-corrected chi connectivity index (χ2v) is 4.23. The van der Waals surface area contributed by atoms with E-state index in [0.717, 1.165) is 12.1 Å². The standard InChI is InChI=1S/C15H13F2NO2/c16-11-7-4-8-12(17)14(11)15(20)18-9-13(19)10-5-2-1-3-6-10/h1-8,13,19H,9H2,(H,18,20). The maximum Gasteiger partial charge on any atom is 0.257 e. The molecule has 0 fully saturated rings.